The topological polar surface area (TPSA) is 81.4 Å². The number of ether oxygens (including phenoxy) is 1. The summed E-state index contributed by atoms with van der Waals surface area (Å²) in [6.45, 7) is 4.43. The van der Waals surface area contributed by atoms with E-state index in [1.807, 2.05) is 19.9 Å². The van der Waals surface area contributed by atoms with E-state index >= 15 is 0 Å². The predicted octanol–water partition coefficient (Wildman–Crippen LogP) is 1.07. The van der Waals surface area contributed by atoms with Gasteiger partial charge in [0.1, 0.15) is 5.75 Å². The minimum absolute atomic E-state index is 0.580. The molecular weight excluding hydrogens is 220 g/mol. The summed E-state index contributed by atoms with van der Waals surface area (Å²) < 4.78 is 5.35. The lowest BCUT2D eigenvalue weighted by molar-refractivity contribution is -0.134. The van der Waals surface area contributed by atoms with Crippen molar-refractivity contribution < 1.29 is 14.3 Å². The van der Waals surface area contributed by atoms with Gasteiger partial charge in [-0.05, 0) is 37.1 Å². The monoisotopic (exact) mass is 236 g/mol. The number of carbonyl (C=O) groups is 2. The van der Waals surface area contributed by atoms with Crippen molar-refractivity contribution in [2.45, 2.75) is 20.3 Å². The Morgan fingerprint density at radius 2 is 2.06 bits per heavy atom. The number of nitrogens with one attached hydrogen (secondary N) is 1. The van der Waals surface area contributed by atoms with Crippen LogP contribution in [0.15, 0.2) is 18.2 Å². The molecule has 0 aromatic heterocycles. The van der Waals surface area contributed by atoms with Crippen LogP contribution in [0.3, 0.4) is 0 Å². The maximum Gasteiger partial charge on any atom is 0.313 e. The van der Waals surface area contributed by atoms with Gasteiger partial charge in [0.05, 0.1) is 6.61 Å². The summed E-state index contributed by atoms with van der Waals surface area (Å²) in [5.41, 5.74) is 6.35. The molecule has 0 fully saturated rings. The van der Waals surface area contributed by atoms with E-state index in [0.29, 0.717) is 12.3 Å². The van der Waals surface area contributed by atoms with Gasteiger partial charge in [-0.15, -0.1) is 0 Å². The van der Waals surface area contributed by atoms with Crippen molar-refractivity contribution in [3.8, 4) is 5.75 Å². The van der Waals surface area contributed by atoms with Gasteiger partial charge in [-0.25, -0.2) is 0 Å². The Hall–Kier alpha value is -2.04. The standard InChI is InChI=1S/C12H16N2O3/c1-3-8-7-9(17-4-2)5-6-10(8)14-12(16)11(13)15/h5-7H,3-4H2,1-2H3,(H2,13,15)(H,14,16). The lowest BCUT2D eigenvalue weighted by atomic mass is 10.1. The zero-order valence-electron chi connectivity index (χ0n) is 9.95. The van der Waals surface area contributed by atoms with E-state index in [9.17, 15) is 9.59 Å². The smallest absolute Gasteiger partial charge is 0.313 e. The van der Waals surface area contributed by atoms with Crippen LogP contribution in [0.4, 0.5) is 5.69 Å². The second-order valence-electron chi connectivity index (χ2n) is 3.42. The fraction of sp³-hybridized carbons (Fsp3) is 0.333. The number of nitrogens with two attached hydrogens (primary N) is 1. The van der Waals surface area contributed by atoms with E-state index in [-0.39, 0.29) is 0 Å². The molecule has 0 radical (unpaired) electrons. The number of primary amides is 1. The van der Waals surface area contributed by atoms with Crippen molar-refractivity contribution in [2.24, 2.45) is 5.73 Å². The molecule has 0 atom stereocenters. The molecule has 5 heteroatoms. The summed E-state index contributed by atoms with van der Waals surface area (Å²) >= 11 is 0. The molecular formula is C12H16N2O3. The maximum atomic E-state index is 11.2. The zero-order valence-corrected chi connectivity index (χ0v) is 9.95. The van der Waals surface area contributed by atoms with Gasteiger partial charge in [0.15, 0.2) is 0 Å². The van der Waals surface area contributed by atoms with Crippen molar-refractivity contribution in [2.75, 3.05) is 11.9 Å². The Balaban J connectivity index is 2.92. The quantitative estimate of drug-likeness (QED) is 0.767. The van der Waals surface area contributed by atoms with Crippen molar-refractivity contribution in [1.29, 1.82) is 0 Å². The number of hydrogen-bond donors (Lipinski definition) is 2. The molecule has 17 heavy (non-hydrogen) atoms. The Labute approximate surface area is 99.9 Å². The Morgan fingerprint density at radius 1 is 1.35 bits per heavy atom. The molecule has 0 aliphatic rings. The van der Waals surface area contributed by atoms with Gasteiger partial charge in [-0.2, -0.15) is 0 Å². The van der Waals surface area contributed by atoms with Gasteiger partial charge in [-0.3, -0.25) is 9.59 Å². The van der Waals surface area contributed by atoms with Crippen LogP contribution in [-0.4, -0.2) is 18.4 Å². The average molecular weight is 236 g/mol. The minimum atomic E-state index is -0.999. The van der Waals surface area contributed by atoms with E-state index in [4.69, 9.17) is 10.5 Å². The molecule has 92 valence electrons. The van der Waals surface area contributed by atoms with Gasteiger partial charge < -0.3 is 15.8 Å². The van der Waals surface area contributed by atoms with Gasteiger partial charge in [0.25, 0.3) is 0 Å². The summed E-state index contributed by atoms with van der Waals surface area (Å²) in [5, 5.41) is 2.46. The molecule has 0 spiro atoms. The summed E-state index contributed by atoms with van der Waals surface area (Å²) in [6, 6.07) is 5.27. The summed E-state index contributed by atoms with van der Waals surface area (Å²) in [4.78, 5) is 21.8. The van der Waals surface area contributed by atoms with Crippen LogP contribution in [0.1, 0.15) is 19.4 Å². The molecule has 0 heterocycles. The molecule has 2 amide bonds. The Bertz CT molecular complexity index is 430. The van der Waals surface area contributed by atoms with E-state index in [2.05, 4.69) is 5.32 Å². The zero-order chi connectivity index (χ0) is 12.8. The molecule has 0 unspecified atom stereocenters. The summed E-state index contributed by atoms with van der Waals surface area (Å²) in [7, 11) is 0. The van der Waals surface area contributed by atoms with Crippen molar-refractivity contribution in [3.05, 3.63) is 23.8 Å². The van der Waals surface area contributed by atoms with E-state index in [1.165, 1.54) is 0 Å². The maximum absolute atomic E-state index is 11.2. The molecule has 0 bridgehead atoms. The SMILES string of the molecule is CCOc1ccc(NC(=O)C(N)=O)c(CC)c1. The van der Waals surface area contributed by atoms with Gasteiger partial charge in [0, 0.05) is 5.69 Å². The normalized spacial score (nSPS) is 9.76. The highest BCUT2D eigenvalue weighted by Gasteiger charge is 2.11. The molecule has 3 N–H and O–H groups in total. The highest BCUT2D eigenvalue weighted by Crippen LogP contribution is 2.22. The minimum Gasteiger partial charge on any atom is -0.494 e. The van der Waals surface area contributed by atoms with Gasteiger partial charge in [0.2, 0.25) is 0 Å². The number of anilines is 1. The lowest BCUT2D eigenvalue weighted by Crippen LogP contribution is -2.29. The van der Waals surface area contributed by atoms with Crippen LogP contribution in [0, 0.1) is 0 Å². The van der Waals surface area contributed by atoms with Gasteiger partial charge >= 0.3 is 11.8 Å². The van der Waals surface area contributed by atoms with E-state index in [1.54, 1.807) is 12.1 Å². The van der Waals surface area contributed by atoms with Crippen LogP contribution >= 0.6 is 0 Å². The number of benzene rings is 1. The van der Waals surface area contributed by atoms with Crippen LogP contribution in [0.2, 0.25) is 0 Å². The number of rotatable bonds is 4. The van der Waals surface area contributed by atoms with Crippen molar-refractivity contribution in [3.63, 3.8) is 0 Å². The fourth-order valence-corrected chi connectivity index (χ4v) is 1.42. The van der Waals surface area contributed by atoms with Crippen LogP contribution in [0.5, 0.6) is 5.75 Å². The molecule has 1 aromatic rings. The Morgan fingerprint density at radius 3 is 2.59 bits per heavy atom. The van der Waals surface area contributed by atoms with Crippen molar-refractivity contribution in [1.82, 2.24) is 0 Å². The number of amides is 2. The third-order valence-corrected chi connectivity index (χ3v) is 2.24. The number of hydrogen-bond acceptors (Lipinski definition) is 3. The first-order valence-corrected chi connectivity index (χ1v) is 5.45. The number of aryl methyl sites for hydroxylation is 1. The second kappa shape index (κ2) is 5.89. The fourth-order valence-electron chi connectivity index (χ4n) is 1.42. The molecule has 1 aromatic carbocycles. The molecule has 0 aliphatic carbocycles. The highest BCUT2D eigenvalue weighted by atomic mass is 16.5. The highest BCUT2D eigenvalue weighted by molar-refractivity contribution is 6.39. The third kappa shape index (κ3) is 3.48. The van der Waals surface area contributed by atoms with Crippen LogP contribution in [-0.2, 0) is 16.0 Å². The Kier molecular flexibility index (Phi) is 4.51. The van der Waals surface area contributed by atoms with Crippen molar-refractivity contribution >= 4 is 17.5 Å². The molecule has 0 saturated heterocycles. The van der Waals surface area contributed by atoms with E-state index < -0.39 is 11.8 Å². The van der Waals surface area contributed by atoms with Crippen LogP contribution in [0.25, 0.3) is 0 Å². The van der Waals surface area contributed by atoms with E-state index in [0.717, 1.165) is 17.7 Å². The summed E-state index contributed by atoms with van der Waals surface area (Å²) in [5.74, 6) is -1.08. The molecule has 5 nitrogen and oxygen atoms in total. The number of carbonyl (C=O) groups excluding carboxylic acids is 2. The first-order chi connectivity index (χ1) is 8.08. The predicted molar refractivity (Wildman–Crippen MR) is 64.8 cm³/mol. The lowest BCUT2D eigenvalue weighted by Gasteiger charge is -2.11. The first-order valence-electron chi connectivity index (χ1n) is 5.45. The van der Waals surface area contributed by atoms with Crippen LogP contribution < -0.4 is 15.8 Å². The largest absolute Gasteiger partial charge is 0.494 e. The molecule has 0 saturated carbocycles. The third-order valence-electron chi connectivity index (χ3n) is 2.24. The molecule has 1 rings (SSSR count). The molecule has 0 aliphatic heterocycles. The van der Waals surface area contributed by atoms with Gasteiger partial charge in [-0.1, -0.05) is 6.92 Å². The average Bonchev–Trinajstić information content (AvgIpc) is 2.31. The second-order valence-corrected chi connectivity index (χ2v) is 3.42. The summed E-state index contributed by atoms with van der Waals surface area (Å²) in [6.07, 6.45) is 0.718. The first kappa shape index (κ1) is 13.0.